The lowest BCUT2D eigenvalue weighted by atomic mass is 10.1. The molecule has 0 heterocycles. The molecule has 2 N–H and O–H groups in total. The third-order valence-electron chi connectivity index (χ3n) is 2.60. The van der Waals surface area contributed by atoms with E-state index >= 15 is 0 Å². The van der Waals surface area contributed by atoms with Gasteiger partial charge in [0, 0.05) is 31.7 Å². The Labute approximate surface area is 119 Å². The monoisotopic (exact) mass is 276 g/mol. The molecule has 0 spiro atoms. The van der Waals surface area contributed by atoms with Crippen LogP contribution in [-0.2, 0) is 9.59 Å². The molecule has 1 aromatic rings. The SMILES string of the molecule is COc1ccc(C)cc1/C=C/C(=O)NCCNC(C)=O. The van der Waals surface area contributed by atoms with E-state index in [-0.39, 0.29) is 11.8 Å². The van der Waals surface area contributed by atoms with Crippen molar-refractivity contribution in [1.29, 1.82) is 0 Å². The molecule has 2 amide bonds. The van der Waals surface area contributed by atoms with Gasteiger partial charge in [-0.25, -0.2) is 0 Å². The molecule has 0 aliphatic heterocycles. The Hall–Kier alpha value is -2.30. The Morgan fingerprint density at radius 3 is 2.60 bits per heavy atom. The Kier molecular flexibility index (Phi) is 6.29. The number of ether oxygens (including phenoxy) is 1. The second-order valence-corrected chi connectivity index (χ2v) is 4.35. The van der Waals surface area contributed by atoms with Crippen LogP contribution in [0.5, 0.6) is 5.75 Å². The number of aryl methyl sites for hydroxylation is 1. The number of hydrogen-bond acceptors (Lipinski definition) is 3. The van der Waals surface area contributed by atoms with Crippen LogP contribution in [0.3, 0.4) is 0 Å². The first-order valence-electron chi connectivity index (χ1n) is 6.38. The van der Waals surface area contributed by atoms with Gasteiger partial charge in [0.2, 0.25) is 11.8 Å². The molecule has 0 fully saturated rings. The second-order valence-electron chi connectivity index (χ2n) is 4.35. The Morgan fingerprint density at radius 1 is 1.25 bits per heavy atom. The fraction of sp³-hybridized carbons (Fsp3) is 0.333. The molecule has 0 aromatic heterocycles. The number of rotatable bonds is 6. The zero-order valence-corrected chi connectivity index (χ0v) is 12.0. The molecule has 1 rings (SSSR count). The average Bonchev–Trinajstić information content (AvgIpc) is 2.41. The third-order valence-corrected chi connectivity index (χ3v) is 2.60. The molecular formula is C15H20N2O3. The number of carbonyl (C=O) groups excluding carboxylic acids is 2. The van der Waals surface area contributed by atoms with E-state index in [2.05, 4.69) is 10.6 Å². The van der Waals surface area contributed by atoms with Gasteiger partial charge < -0.3 is 15.4 Å². The van der Waals surface area contributed by atoms with E-state index in [1.54, 1.807) is 13.2 Å². The number of carbonyl (C=O) groups is 2. The fourth-order valence-electron chi connectivity index (χ4n) is 1.63. The number of hydrogen-bond donors (Lipinski definition) is 2. The van der Waals surface area contributed by atoms with E-state index in [0.717, 1.165) is 16.9 Å². The quantitative estimate of drug-likeness (QED) is 0.607. The molecular weight excluding hydrogens is 256 g/mol. The van der Waals surface area contributed by atoms with Crippen molar-refractivity contribution in [1.82, 2.24) is 10.6 Å². The molecule has 20 heavy (non-hydrogen) atoms. The molecule has 0 saturated heterocycles. The van der Waals surface area contributed by atoms with Crippen LogP contribution in [0.2, 0.25) is 0 Å². The van der Waals surface area contributed by atoms with Crippen LogP contribution in [0, 0.1) is 6.92 Å². The smallest absolute Gasteiger partial charge is 0.244 e. The summed E-state index contributed by atoms with van der Waals surface area (Å²) >= 11 is 0. The summed E-state index contributed by atoms with van der Waals surface area (Å²) in [6.07, 6.45) is 3.16. The maximum atomic E-state index is 11.6. The van der Waals surface area contributed by atoms with Gasteiger partial charge in [-0.05, 0) is 25.1 Å². The normalized spacial score (nSPS) is 10.3. The zero-order valence-electron chi connectivity index (χ0n) is 12.0. The highest BCUT2D eigenvalue weighted by molar-refractivity contribution is 5.92. The number of amides is 2. The first-order valence-corrected chi connectivity index (χ1v) is 6.38. The summed E-state index contributed by atoms with van der Waals surface area (Å²) < 4.78 is 5.23. The van der Waals surface area contributed by atoms with E-state index < -0.39 is 0 Å². The number of benzene rings is 1. The molecule has 108 valence electrons. The molecule has 5 nitrogen and oxygen atoms in total. The van der Waals surface area contributed by atoms with Gasteiger partial charge in [-0.1, -0.05) is 11.6 Å². The van der Waals surface area contributed by atoms with Crippen LogP contribution in [-0.4, -0.2) is 32.0 Å². The summed E-state index contributed by atoms with van der Waals surface area (Å²) in [6.45, 7) is 4.23. The van der Waals surface area contributed by atoms with Crippen LogP contribution in [0.25, 0.3) is 6.08 Å². The van der Waals surface area contributed by atoms with Crippen molar-refractivity contribution in [2.24, 2.45) is 0 Å². The van der Waals surface area contributed by atoms with E-state index in [9.17, 15) is 9.59 Å². The van der Waals surface area contributed by atoms with Crippen molar-refractivity contribution in [2.45, 2.75) is 13.8 Å². The first-order chi connectivity index (χ1) is 9.52. The van der Waals surface area contributed by atoms with Crippen molar-refractivity contribution in [3.8, 4) is 5.75 Å². The van der Waals surface area contributed by atoms with Crippen molar-refractivity contribution in [2.75, 3.05) is 20.2 Å². The minimum atomic E-state index is -0.209. The minimum absolute atomic E-state index is 0.112. The molecule has 0 aliphatic rings. The molecule has 0 saturated carbocycles. The standard InChI is InChI=1S/C15H20N2O3/c1-11-4-6-14(20-3)13(10-11)5-7-15(19)17-9-8-16-12(2)18/h4-7,10H,8-9H2,1-3H3,(H,16,18)(H,17,19)/b7-5+. The van der Waals surface area contributed by atoms with E-state index in [1.165, 1.54) is 13.0 Å². The molecule has 0 atom stereocenters. The van der Waals surface area contributed by atoms with Gasteiger partial charge >= 0.3 is 0 Å². The predicted octanol–water partition coefficient (Wildman–Crippen LogP) is 1.27. The van der Waals surface area contributed by atoms with Gasteiger partial charge in [0.05, 0.1) is 7.11 Å². The lowest BCUT2D eigenvalue weighted by Crippen LogP contribution is -2.32. The summed E-state index contributed by atoms with van der Waals surface area (Å²) in [5, 5.41) is 5.28. The average molecular weight is 276 g/mol. The summed E-state index contributed by atoms with van der Waals surface area (Å²) in [6, 6.07) is 5.76. The van der Waals surface area contributed by atoms with E-state index in [1.807, 2.05) is 25.1 Å². The van der Waals surface area contributed by atoms with Gasteiger partial charge in [0.1, 0.15) is 5.75 Å². The zero-order chi connectivity index (χ0) is 15.0. The highest BCUT2D eigenvalue weighted by Crippen LogP contribution is 2.20. The molecule has 0 unspecified atom stereocenters. The molecule has 1 aromatic carbocycles. The lowest BCUT2D eigenvalue weighted by molar-refractivity contribution is -0.119. The van der Waals surface area contributed by atoms with E-state index in [4.69, 9.17) is 4.74 Å². The number of methoxy groups -OCH3 is 1. The van der Waals surface area contributed by atoms with Crippen LogP contribution in [0.4, 0.5) is 0 Å². The highest BCUT2D eigenvalue weighted by Gasteiger charge is 2.01. The lowest BCUT2D eigenvalue weighted by Gasteiger charge is -2.06. The van der Waals surface area contributed by atoms with Crippen LogP contribution >= 0.6 is 0 Å². The van der Waals surface area contributed by atoms with Gasteiger partial charge in [-0.3, -0.25) is 9.59 Å². The largest absolute Gasteiger partial charge is 0.496 e. The first kappa shape index (κ1) is 15.8. The van der Waals surface area contributed by atoms with Crippen molar-refractivity contribution in [3.05, 3.63) is 35.4 Å². The molecule has 0 aliphatic carbocycles. The van der Waals surface area contributed by atoms with Crippen LogP contribution < -0.4 is 15.4 Å². The summed E-state index contributed by atoms with van der Waals surface area (Å²) in [7, 11) is 1.59. The van der Waals surface area contributed by atoms with Crippen molar-refractivity contribution < 1.29 is 14.3 Å². The minimum Gasteiger partial charge on any atom is -0.496 e. The van der Waals surface area contributed by atoms with Gasteiger partial charge in [-0.15, -0.1) is 0 Å². The third kappa shape index (κ3) is 5.56. The molecule has 0 radical (unpaired) electrons. The highest BCUT2D eigenvalue weighted by atomic mass is 16.5. The maximum Gasteiger partial charge on any atom is 0.244 e. The van der Waals surface area contributed by atoms with Crippen molar-refractivity contribution >= 4 is 17.9 Å². The molecule has 5 heteroatoms. The van der Waals surface area contributed by atoms with Crippen molar-refractivity contribution in [3.63, 3.8) is 0 Å². The van der Waals surface area contributed by atoms with Crippen LogP contribution in [0.1, 0.15) is 18.1 Å². The van der Waals surface area contributed by atoms with E-state index in [0.29, 0.717) is 13.1 Å². The second kappa shape index (κ2) is 7.99. The fourth-order valence-corrected chi connectivity index (χ4v) is 1.63. The van der Waals surface area contributed by atoms with Crippen LogP contribution in [0.15, 0.2) is 24.3 Å². The summed E-state index contributed by atoms with van der Waals surface area (Å²) in [5.74, 6) is 0.399. The van der Waals surface area contributed by atoms with Gasteiger partial charge in [-0.2, -0.15) is 0 Å². The summed E-state index contributed by atoms with van der Waals surface area (Å²) in [5.41, 5.74) is 1.95. The Balaban J connectivity index is 2.52. The molecule has 0 bridgehead atoms. The van der Waals surface area contributed by atoms with Gasteiger partial charge in [0.15, 0.2) is 0 Å². The Morgan fingerprint density at radius 2 is 1.95 bits per heavy atom. The number of nitrogens with one attached hydrogen (secondary N) is 2. The van der Waals surface area contributed by atoms with Gasteiger partial charge in [0.25, 0.3) is 0 Å². The maximum absolute atomic E-state index is 11.6. The summed E-state index contributed by atoms with van der Waals surface area (Å²) in [4.78, 5) is 22.2. The predicted molar refractivity (Wildman–Crippen MR) is 78.5 cm³/mol. The Bertz CT molecular complexity index is 510. The topological polar surface area (TPSA) is 67.4 Å².